The van der Waals surface area contributed by atoms with E-state index in [1.807, 2.05) is 6.92 Å². The summed E-state index contributed by atoms with van der Waals surface area (Å²) in [5.74, 6) is -17.5. The Labute approximate surface area is 684 Å². The number of cyclic esters (lactones) is 2. The Bertz CT molecular complexity index is 4570. The van der Waals surface area contributed by atoms with E-state index in [2.05, 4.69) is 47.3 Å². The van der Waals surface area contributed by atoms with Gasteiger partial charge in [-0.3, -0.25) is 47.9 Å². The van der Waals surface area contributed by atoms with Crippen molar-refractivity contribution < 1.29 is 117 Å². The number of benzene rings is 4. The minimum Gasteiger partial charge on any atom is -0.458 e. The molecule has 646 valence electrons. The number of nitrogens with zero attached hydrogens (tertiary/aromatic N) is 6. The molecule has 8 fully saturated rings. The lowest BCUT2D eigenvalue weighted by atomic mass is 9.84. The molecule has 0 saturated carbocycles. The molecule has 8 aliphatic rings. The van der Waals surface area contributed by atoms with Gasteiger partial charge in [0.2, 0.25) is 59.1 Å². The molecule has 0 bridgehead atoms. The Morgan fingerprint density at radius 3 is 1.42 bits per heavy atom. The number of rotatable bonds is 15. The van der Waals surface area contributed by atoms with Gasteiger partial charge in [0.1, 0.15) is 114 Å². The number of amides is 14. The van der Waals surface area contributed by atoms with E-state index in [-0.39, 0.29) is 133 Å². The molecule has 32 nitrogen and oxygen atoms in total. The van der Waals surface area contributed by atoms with Crippen LogP contribution in [0.3, 0.4) is 0 Å². The van der Waals surface area contributed by atoms with E-state index < -0.39 is 228 Å². The first-order valence-corrected chi connectivity index (χ1v) is 39.9. The second-order valence-corrected chi connectivity index (χ2v) is 32.1. The maximum Gasteiger partial charge on any atom is 0.573 e. The highest BCUT2D eigenvalue weighted by Crippen LogP contribution is 2.38. The number of piperidine rings is 1. The van der Waals surface area contributed by atoms with E-state index in [9.17, 15) is 69.1 Å². The third kappa shape index (κ3) is 20.9. The summed E-state index contributed by atoms with van der Waals surface area (Å²) in [6, 6.07) is -5.42. The number of halogens is 7. The molecule has 8 N–H and O–H groups in total. The Balaban J connectivity index is 0.832. The van der Waals surface area contributed by atoms with Crippen LogP contribution in [0.1, 0.15) is 109 Å². The minimum absolute atomic E-state index is 0.0149. The molecule has 7 unspecified atom stereocenters. The van der Waals surface area contributed by atoms with Crippen LogP contribution in [0.15, 0.2) is 84.9 Å². The van der Waals surface area contributed by atoms with Crippen LogP contribution in [0.4, 0.5) is 51.7 Å². The third-order valence-electron chi connectivity index (χ3n) is 23.0. The molecule has 39 heteroatoms. The second kappa shape index (κ2) is 37.3. The molecular formula is C81H95F7N14O18. The normalized spacial score (nSPS) is 27.9. The van der Waals surface area contributed by atoms with Crippen LogP contribution in [0.25, 0.3) is 0 Å². The maximum atomic E-state index is 15.8. The number of fused-ring (bicyclic) bond motifs is 6. The Kier molecular flexibility index (Phi) is 27.3. The van der Waals surface area contributed by atoms with E-state index in [4.69, 9.17) is 14.2 Å². The molecule has 12 rings (SSSR count). The molecule has 0 aliphatic carbocycles. The first-order chi connectivity index (χ1) is 56.9. The molecule has 14 amide bonds. The number of carbonyl (C=O) groups excluding carboxylic acids is 14. The number of hydrogen-bond acceptors (Lipinski definition) is 18. The van der Waals surface area contributed by atoms with Crippen LogP contribution in [0, 0.1) is 47.9 Å². The molecule has 120 heavy (non-hydrogen) atoms. The first kappa shape index (κ1) is 87.6. The van der Waals surface area contributed by atoms with Crippen molar-refractivity contribution in [2.45, 2.75) is 203 Å². The van der Waals surface area contributed by atoms with Gasteiger partial charge in [-0.15, -0.1) is 13.2 Å². The van der Waals surface area contributed by atoms with E-state index >= 15 is 28.8 Å². The molecule has 4 aromatic rings. The number of morpholine rings is 1. The van der Waals surface area contributed by atoms with Crippen molar-refractivity contribution in [2.24, 2.45) is 17.8 Å². The number of carbonyl (C=O) groups is 14. The van der Waals surface area contributed by atoms with Crippen molar-refractivity contribution in [3.8, 4) is 5.75 Å². The average Bonchev–Trinajstić information content (AvgIpc) is 1.61. The Hall–Kier alpha value is -11.7. The molecular weight excluding hydrogens is 1590 g/mol. The summed E-state index contributed by atoms with van der Waals surface area (Å²) in [6.07, 6.45) is -9.18. The van der Waals surface area contributed by atoms with Crippen LogP contribution in [-0.4, -0.2) is 256 Å². The van der Waals surface area contributed by atoms with Gasteiger partial charge in [-0.2, -0.15) is 0 Å². The quantitative estimate of drug-likeness (QED) is 0.0612. The van der Waals surface area contributed by atoms with Crippen LogP contribution >= 0.6 is 0 Å². The molecule has 4 aromatic carbocycles. The molecule has 0 aromatic heterocycles. The van der Waals surface area contributed by atoms with Crippen molar-refractivity contribution in [3.63, 3.8) is 0 Å². The van der Waals surface area contributed by atoms with Crippen molar-refractivity contribution in [3.05, 3.63) is 125 Å². The summed E-state index contributed by atoms with van der Waals surface area (Å²) in [4.78, 5) is 215. The largest absolute Gasteiger partial charge is 0.573 e. The fourth-order valence-corrected chi connectivity index (χ4v) is 17.2. The Morgan fingerprint density at radius 1 is 0.492 bits per heavy atom. The van der Waals surface area contributed by atoms with Gasteiger partial charge in [-0.25, -0.2) is 36.7 Å². The molecule has 8 aliphatic heterocycles. The lowest BCUT2D eigenvalue weighted by Crippen LogP contribution is -2.64. The average molecular weight is 1690 g/mol. The van der Waals surface area contributed by atoms with Gasteiger partial charge in [-0.05, 0) is 182 Å². The number of anilines is 2. The number of esters is 2. The SMILES string of the molecule is Cc1ccc(NC(=O)N[C@@H](Cc2cc(F)cc(F)c2)C(=O)N[C@@H]2C(=O)N3CCCC3C(=O)N3CC(C[C@H]4CC5C(=O)O[C@@H](C)[C@H](NC(=O)[C@H](Cc6cc(F)cc(F)c6)NC(=O)Nc6ccc(OC(F)(F)F)cc6)C(=O)N6CCCC6C(=O)N6CCOCC6C(=O)N[C@@H](C)C(=O)N5C4)CCC3C(=O)N[C@@H](C)C(=O)N3C[C@H](C)CC3C(=O)O[C@H]2C)cc1. The molecule has 0 radical (unpaired) electrons. The summed E-state index contributed by atoms with van der Waals surface area (Å²) in [6.45, 7) is 7.64. The maximum absolute atomic E-state index is 15.8. The summed E-state index contributed by atoms with van der Waals surface area (Å²) in [7, 11) is 0. The van der Waals surface area contributed by atoms with Crippen LogP contribution in [0.5, 0.6) is 5.75 Å². The number of urea groups is 2. The first-order valence-electron chi connectivity index (χ1n) is 39.9. The fourth-order valence-electron chi connectivity index (χ4n) is 17.2. The van der Waals surface area contributed by atoms with Crippen LogP contribution in [-0.2, 0) is 84.6 Å². The summed E-state index contributed by atoms with van der Waals surface area (Å²) >= 11 is 0. The molecule has 8 heterocycles. The van der Waals surface area contributed by atoms with Gasteiger partial charge in [0.05, 0.1) is 13.2 Å². The van der Waals surface area contributed by atoms with E-state index in [1.165, 1.54) is 47.3 Å². The van der Waals surface area contributed by atoms with Gasteiger partial charge in [0.25, 0.3) is 0 Å². The highest BCUT2D eigenvalue weighted by molar-refractivity contribution is 6.01. The fraction of sp³-hybridized carbons (Fsp3) is 0.531. The zero-order chi connectivity index (χ0) is 86.5. The zero-order valence-electron chi connectivity index (χ0n) is 66.5. The number of ether oxygens (including phenoxy) is 4. The summed E-state index contributed by atoms with van der Waals surface area (Å²) in [5.41, 5.74) is 0.722. The van der Waals surface area contributed by atoms with Gasteiger partial charge >= 0.3 is 30.4 Å². The van der Waals surface area contributed by atoms with Crippen LogP contribution < -0.4 is 47.3 Å². The number of aryl methyl sites for hydroxylation is 1. The number of alkyl halides is 3. The predicted octanol–water partition coefficient (Wildman–Crippen LogP) is 4.15. The third-order valence-corrected chi connectivity index (χ3v) is 23.0. The van der Waals surface area contributed by atoms with E-state index in [1.54, 1.807) is 31.2 Å². The van der Waals surface area contributed by atoms with Gasteiger partial charge in [0.15, 0.2) is 0 Å². The van der Waals surface area contributed by atoms with Gasteiger partial charge < -0.3 is 90.9 Å². The van der Waals surface area contributed by atoms with Gasteiger partial charge in [0, 0.05) is 75.6 Å². The molecule has 17 atom stereocenters. The highest BCUT2D eigenvalue weighted by atomic mass is 19.4. The Morgan fingerprint density at radius 2 is 0.925 bits per heavy atom. The minimum atomic E-state index is -5.06. The molecule has 8 saturated heterocycles. The second-order valence-electron chi connectivity index (χ2n) is 32.1. The van der Waals surface area contributed by atoms with E-state index in [0.29, 0.717) is 17.8 Å². The lowest BCUT2D eigenvalue weighted by molar-refractivity contribution is -0.274. The smallest absolute Gasteiger partial charge is 0.458 e. The predicted molar refractivity (Wildman–Crippen MR) is 408 cm³/mol. The topological polar surface area (TPSA) is 392 Å². The van der Waals surface area contributed by atoms with Crippen LogP contribution in [0.2, 0.25) is 0 Å². The lowest BCUT2D eigenvalue weighted by Gasteiger charge is -2.42. The highest BCUT2D eigenvalue weighted by Gasteiger charge is 2.53. The van der Waals surface area contributed by atoms with Crippen molar-refractivity contribution in [2.75, 3.05) is 63.1 Å². The number of hydrogen-bond donors (Lipinski definition) is 8. The van der Waals surface area contributed by atoms with Crippen molar-refractivity contribution >= 4 is 94.4 Å². The zero-order valence-corrected chi connectivity index (χ0v) is 66.5. The standard InChI is InChI=1S/C81H95F7N14O18/c1-40-11-14-54(15-12-40)91-79(115)93-57(31-47-27-50(82)34-51(83)28-47)67(103)95-65-44(5)118-77(113)62-25-41(2)36-100(62)71(107)42(3)89-69(105)59-20-13-46(37-101(59)74(110)61-10-8-22-98(61)76(65)112)26-49-33-63-78(114)119-45(6)66(75(111)97-21-7-9-60(97)73(109)99-23-24-117-39-64(99)70(106)90-43(4)72(108)102(63)38-49)96-68(104)58(32-48-29-52(84)35-53(85)30-48)94-80(116)92-55-16-18-56(19-17-55)120-81(86,87)88/h11-12,14-19,27-30,34-35,41-46,49,57-66H,7-10,13,20-26,31-33,36-39H2,1-6H3,(H,89,105)(H,90,106)(H,95,103)(H,96,104)(H2,91,93,115)(H2,92,94,116)/t41-,42+,43+,44+,45+,46?,49+,57+,58+,59?,60?,61?,62?,63?,64?,65+,66+/m1/s1. The van der Waals surface area contributed by atoms with Crippen molar-refractivity contribution in [1.29, 1.82) is 0 Å². The molecule has 0 spiro atoms. The van der Waals surface area contributed by atoms with Crippen molar-refractivity contribution in [1.82, 2.24) is 61.3 Å². The van der Waals surface area contributed by atoms with Gasteiger partial charge in [-0.1, -0.05) is 24.6 Å². The number of nitrogens with one attached hydrogen (secondary N) is 8. The summed E-state index contributed by atoms with van der Waals surface area (Å²) in [5, 5.41) is 20.4. The van der Waals surface area contributed by atoms with E-state index in [0.717, 1.165) is 63.9 Å². The summed E-state index contributed by atoms with van der Waals surface area (Å²) < 4.78 is 120. The monoisotopic (exact) mass is 1680 g/mol.